The lowest BCUT2D eigenvalue weighted by Crippen LogP contribution is -2.40. The average Bonchev–Trinajstić information content (AvgIpc) is 2.82. The normalized spacial score (nSPS) is 18.5. The van der Waals surface area contributed by atoms with Gasteiger partial charge in [-0.3, -0.25) is 4.79 Å². The fourth-order valence-corrected chi connectivity index (χ4v) is 6.07. The Hall–Kier alpha value is -2.52. The number of rotatable bonds is 5. The number of aryl methyl sites for hydroxylation is 1. The average molecular weight is 461 g/mol. The van der Waals surface area contributed by atoms with Crippen LogP contribution >= 0.6 is 0 Å². The van der Waals surface area contributed by atoms with Crippen LogP contribution in [0.1, 0.15) is 37.7 Å². The third kappa shape index (κ3) is 4.78. The Morgan fingerprint density at radius 3 is 2.50 bits per heavy atom. The predicted octanol–water partition coefficient (Wildman–Crippen LogP) is 3.56. The zero-order valence-electron chi connectivity index (χ0n) is 18.3. The summed E-state index contributed by atoms with van der Waals surface area (Å²) in [5.74, 6) is -0.131. The molecule has 0 saturated carbocycles. The van der Waals surface area contributed by atoms with Crippen LogP contribution in [0, 0.1) is 18.7 Å². The van der Waals surface area contributed by atoms with Crippen LogP contribution in [0.5, 0.6) is 0 Å². The Labute approximate surface area is 188 Å². The van der Waals surface area contributed by atoms with Crippen molar-refractivity contribution in [1.82, 2.24) is 9.29 Å². The fraction of sp³-hybridized carbons (Fsp3) is 0.478. The third-order valence-corrected chi connectivity index (χ3v) is 8.19. The van der Waals surface area contributed by atoms with Gasteiger partial charge in [0, 0.05) is 44.0 Å². The lowest BCUT2D eigenvalue weighted by Gasteiger charge is -2.34. The van der Waals surface area contributed by atoms with E-state index in [0.717, 1.165) is 19.3 Å². The van der Waals surface area contributed by atoms with Gasteiger partial charge in [-0.2, -0.15) is 4.31 Å². The molecule has 172 valence electrons. The van der Waals surface area contributed by atoms with Crippen molar-refractivity contribution >= 4 is 27.4 Å². The van der Waals surface area contributed by atoms with Gasteiger partial charge in [0.25, 0.3) is 0 Å². The first-order valence-electron chi connectivity index (χ1n) is 11.1. The first kappa shape index (κ1) is 22.7. The van der Waals surface area contributed by atoms with Gasteiger partial charge in [-0.1, -0.05) is 6.42 Å². The Bertz CT molecular complexity index is 1080. The van der Waals surface area contributed by atoms with Gasteiger partial charge < -0.3 is 10.2 Å². The molecule has 1 aromatic heterocycles. The van der Waals surface area contributed by atoms with E-state index < -0.39 is 10.0 Å². The Morgan fingerprint density at radius 1 is 1.09 bits per heavy atom. The quantitative estimate of drug-likeness (QED) is 0.738. The van der Waals surface area contributed by atoms with E-state index in [2.05, 4.69) is 10.3 Å². The largest absolute Gasteiger partial charge is 0.355 e. The van der Waals surface area contributed by atoms with E-state index in [1.165, 1.54) is 6.07 Å². The number of piperidine rings is 2. The summed E-state index contributed by atoms with van der Waals surface area (Å²) in [6.45, 7) is 3.83. The number of anilines is 2. The monoisotopic (exact) mass is 460 g/mol. The van der Waals surface area contributed by atoms with Crippen molar-refractivity contribution in [1.29, 1.82) is 0 Å². The first-order chi connectivity index (χ1) is 15.4. The highest BCUT2D eigenvalue weighted by molar-refractivity contribution is 7.89. The SMILES string of the molecule is Cc1cc(NC(=O)C2CCN(c3ncccc3S(=O)(=O)N3CCCCC3)CC2)ccc1F. The van der Waals surface area contributed by atoms with E-state index in [9.17, 15) is 17.6 Å². The molecular formula is C23H29FN4O3S. The van der Waals surface area contributed by atoms with Crippen molar-refractivity contribution < 1.29 is 17.6 Å². The highest BCUT2D eigenvalue weighted by Gasteiger charge is 2.32. The summed E-state index contributed by atoms with van der Waals surface area (Å²) >= 11 is 0. The first-order valence-corrected chi connectivity index (χ1v) is 12.6. The number of halogens is 1. The number of hydrogen-bond donors (Lipinski definition) is 1. The van der Waals surface area contributed by atoms with Gasteiger partial charge >= 0.3 is 0 Å². The van der Waals surface area contributed by atoms with Crippen molar-refractivity contribution in [3.05, 3.63) is 47.9 Å². The molecule has 2 fully saturated rings. The van der Waals surface area contributed by atoms with Crippen LogP contribution in [0.4, 0.5) is 15.9 Å². The van der Waals surface area contributed by atoms with E-state index in [-0.39, 0.29) is 22.5 Å². The summed E-state index contributed by atoms with van der Waals surface area (Å²) in [6, 6.07) is 7.81. The summed E-state index contributed by atoms with van der Waals surface area (Å²) in [7, 11) is -3.60. The predicted molar refractivity (Wildman–Crippen MR) is 122 cm³/mol. The zero-order chi connectivity index (χ0) is 22.7. The van der Waals surface area contributed by atoms with Gasteiger partial charge in [-0.15, -0.1) is 0 Å². The maximum Gasteiger partial charge on any atom is 0.246 e. The Morgan fingerprint density at radius 2 is 1.81 bits per heavy atom. The standard InChI is InChI=1S/C23H29FN4O3S/c1-17-16-19(7-8-20(17)24)26-23(29)18-9-14-27(15-10-18)22-21(6-5-11-25-22)32(30,31)28-12-3-2-4-13-28/h5-8,11,16,18H,2-4,9-10,12-15H2,1H3,(H,26,29). The van der Waals surface area contributed by atoms with Crippen LogP contribution in [0.3, 0.4) is 0 Å². The molecule has 4 rings (SSSR count). The number of carbonyl (C=O) groups excluding carboxylic acids is 1. The van der Waals surface area contributed by atoms with Crippen molar-refractivity contribution in [3.63, 3.8) is 0 Å². The van der Waals surface area contributed by atoms with Gasteiger partial charge in [-0.05, 0) is 68.5 Å². The number of benzene rings is 1. The summed E-state index contributed by atoms with van der Waals surface area (Å²) in [5, 5.41) is 2.87. The summed E-state index contributed by atoms with van der Waals surface area (Å²) in [4.78, 5) is 19.3. The molecule has 2 aliphatic heterocycles. The molecule has 2 aliphatic rings. The molecule has 0 radical (unpaired) electrons. The molecule has 9 heteroatoms. The third-order valence-electron chi connectivity index (χ3n) is 6.27. The van der Waals surface area contributed by atoms with Gasteiger partial charge in [-0.25, -0.2) is 17.8 Å². The molecule has 0 aliphatic carbocycles. The molecule has 32 heavy (non-hydrogen) atoms. The van der Waals surface area contributed by atoms with Crippen molar-refractivity contribution in [3.8, 4) is 0 Å². The molecule has 0 spiro atoms. The highest BCUT2D eigenvalue weighted by Crippen LogP contribution is 2.31. The van der Waals surface area contributed by atoms with Crippen LogP contribution in [-0.4, -0.2) is 49.8 Å². The van der Waals surface area contributed by atoms with E-state index in [1.807, 2.05) is 4.90 Å². The number of amides is 1. The molecule has 1 amide bonds. The number of aromatic nitrogens is 1. The number of carbonyl (C=O) groups is 1. The summed E-state index contributed by atoms with van der Waals surface area (Å²) in [5.41, 5.74) is 1.06. The number of hydrogen-bond acceptors (Lipinski definition) is 5. The second kappa shape index (κ2) is 9.54. The maximum absolute atomic E-state index is 13.5. The van der Waals surface area contributed by atoms with E-state index in [1.54, 1.807) is 41.7 Å². The van der Waals surface area contributed by atoms with Gasteiger partial charge in [0.15, 0.2) is 0 Å². The fourth-order valence-electron chi connectivity index (χ4n) is 4.39. The van der Waals surface area contributed by atoms with E-state index in [4.69, 9.17) is 0 Å². The molecule has 0 atom stereocenters. The van der Waals surface area contributed by atoms with E-state index in [0.29, 0.717) is 56.1 Å². The van der Waals surface area contributed by atoms with Gasteiger partial charge in [0.05, 0.1) is 0 Å². The van der Waals surface area contributed by atoms with Crippen LogP contribution in [-0.2, 0) is 14.8 Å². The summed E-state index contributed by atoms with van der Waals surface area (Å²) in [6.07, 6.45) is 5.60. The molecule has 3 heterocycles. The van der Waals surface area contributed by atoms with Crippen LogP contribution in [0.25, 0.3) is 0 Å². The van der Waals surface area contributed by atoms with Crippen LogP contribution in [0.15, 0.2) is 41.4 Å². The molecule has 7 nitrogen and oxygen atoms in total. The lowest BCUT2D eigenvalue weighted by atomic mass is 9.95. The maximum atomic E-state index is 13.5. The number of pyridine rings is 1. The van der Waals surface area contributed by atoms with E-state index >= 15 is 0 Å². The van der Waals surface area contributed by atoms with Gasteiger partial charge in [0.1, 0.15) is 16.5 Å². The zero-order valence-corrected chi connectivity index (χ0v) is 19.1. The molecule has 1 aromatic carbocycles. The molecular weight excluding hydrogens is 431 g/mol. The molecule has 2 aromatic rings. The number of nitrogens with one attached hydrogen (secondary N) is 1. The van der Waals surface area contributed by atoms with Crippen LogP contribution < -0.4 is 10.2 Å². The topological polar surface area (TPSA) is 82.6 Å². The smallest absolute Gasteiger partial charge is 0.246 e. The highest BCUT2D eigenvalue weighted by atomic mass is 32.2. The van der Waals surface area contributed by atoms with Gasteiger partial charge in [0.2, 0.25) is 15.9 Å². The minimum Gasteiger partial charge on any atom is -0.355 e. The minimum atomic E-state index is -3.60. The molecule has 1 N–H and O–H groups in total. The van der Waals surface area contributed by atoms with Crippen LogP contribution in [0.2, 0.25) is 0 Å². The van der Waals surface area contributed by atoms with Crippen molar-refractivity contribution in [2.45, 2.75) is 43.9 Å². The summed E-state index contributed by atoms with van der Waals surface area (Å²) < 4.78 is 41.5. The second-order valence-corrected chi connectivity index (χ2v) is 10.4. The number of sulfonamides is 1. The Kier molecular flexibility index (Phi) is 6.76. The second-order valence-electron chi connectivity index (χ2n) is 8.50. The molecule has 0 unspecified atom stereocenters. The Balaban J connectivity index is 1.43. The molecule has 0 bridgehead atoms. The number of nitrogens with zero attached hydrogens (tertiary/aromatic N) is 3. The van der Waals surface area contributed by atoms with Crippen molar-refractivity contribution in [2.24, 2.45) is 5.92 Å². The minimum absolute atomic E-state index is 0.0992. The van der Waals surface area contributed by atoms with Crippen molar-refractivity contribution in [2.75, 3.05) is 36.4 Å². The lowest BCUT2D eigenvalue weighted by molar-refractivity contribution is -0.120. The molecule has 2 saturated heterocycles.